The maximum absolute atomic E-state index is 12.0. The summed E-state index contributed by atoms with van der Waals surface area (Å²) in [6.07, 6.45) is 2.25. The van der Waals surface area contributed by atoms with E-state index >= 15 is 0 Å². The van der Waals surface area contributed by atoms with Crippen molar-refractivity contribution in [1.29, 1.82) is 0 Å². The molecular formula is C17H24O4. The largest absolute Gasteiger partial charge is 0.491 e. The second-order valence-corrected chi connectivity index (χ2v) is 5.19. The second kappa shape index (κ2) is 9.16. The zero-order chi connectivity index (χ0) is 15.7. The molecule has 0 amide bonds. The van der Waals surface area contributed by atoms with Crippen LogP contribution < -0.4 is 4.74 Å². The van der Waals surface area contributed by atoms with E-state index in [9.17, 15) is 9.59 Å². The molecule has 1 aromatic rings. The third kappa shape index (κ3) is 6.93. The molecule has 0 spiro atoms. The van der Waals surface area contributed by atoms with Gasteiger partial charge in [-0.15, -0.1) is 0 Å². The van der Waals surface area contributed by atoms with E-state index in [4.69, 9.17) is 9.47 Å². The highest BCUT2D eigenvalue weighted by molar-refractivity contribution is 5.97. The average molecular weight is 292 g/mol. The number of Topliss-reactive ketones (excluding diaryl/α,β-unsaturated/α-hetero) is 1. The minimum absolute atomic E-state index is 0.0569. The molecule has 1 rings (SSSR count). The molecule has 21 heavy (non-hydrogen) atoms. The van der Waals surface area contributed by atoms with Gasteiger partial charge in [-0.05, 0) is 44.5 Å². The molecule has 0 saturated carbocycles. The molecule has 4 heteroatoms. The Morgan fingerprint density at radius 2 is 1.76 bits per heavy atom. The molecular weight excluding hydrogens is 268 g/mol. The Hall–Kier alpha value is -1.84. The number of ketones is 1. The highest BCUT2D eigenvalue weighted by atomic mass is 16.5. The predicted molar refractivity (Wildman–Crippen MR) is 81.6 cm³/mol. The van der Waals surface area contributed by atoms with E-state index in [1.807, 2.05) is 20.8 Å². The lowest BCUT2D eigenvalue weighted by Gasteiger charge is -2.09. The van der Waals surface area contributed by atoms with Crippen LogP contribution in [0.25, 0.3) is 0 Å². The van der Waals surface area contributed by atoms with Gasteiger partial charge in [0.05, 0.1) is 19.1 Å². The highest BCUT2D eigenvalue weighted by Gasteiger charge is 2.10. The van der Waals surface area contributed by atoms with Gasteiger partial charge in [0.15, 0.2) is 5.78 Å². The SMILES string of the molecule is CCCCOC(=O)CCC(=O)c1ccc(OC(C)C)cc1. The van der Waals surface area contributed by atoms with E-state index in [-0.39, 0.29) is 30.7 Å². The maximum Gasteiger partial charge on any atom is 0.306 e. The number of ether oxygens (including phenoxy) is 2. The number of hydrogen-bond acceptors (Lipinski definition) is 4. The van der Waals surface area contributed by atoms with Gasteiger partial charge in [0, 0.05) is 12.0 Å². The van der Waals surface area contributed by atoms with Gasteiger partial charge in [-0.25, -0.2) is 0 Å². The molecule has 0 bridgehead atoms. The number of hydrogen-bond donors (Lipinski definition) is 0. The normalized spacial score (nSPS) is 10.5. The second-order valence-electron chi connectivity index (χ2n) is 5.19. The Balaban J connectivity index is 2.39. The Morgan fingerprint density at radius 1 is 1.10 bits per heavy atom. The molecule has 0 aliphatic carbocycles. The van der Waals surface area contributed by atoms with Crippen molar-refractivity contribution in [1.82, 2.24) is 0 Å². The standard InChI is InChI=1S/C17H24O4/c1-4-5-12-20-17(19)11-10-16(18)14-6-8-15(9-7-14)21-13(2)3/h6-9,13H,4-5,10-12H2,1-3H3. The van der Waals surface area contributed by atoms with Gasteiger partial charge in [0.1, 0.15) is 5.75 Å². The summed E-state index contributed by atoms with van der Waals surface area (Å²) >= 11 is 0. The number of carbonyl (C=O) groups excluding carboxylic acids is 2. The van der Waals surface area contributed by atoms with Gasteiger partial charge >= 0.3 is 5.97 Å². The van der Waals surface area contributed by atoms with Crippen LogP contribution in [0.3, 0.4) is 0 Å². The summed E-state index contributed by atoms with van der Waals surface area (Å²) in [5, 5.41) is 0. The van der Waals surface area contributed by atoms with E-state index in [2.05, 4.69) is 0 Å². The fraction of sp³-hybridized carbons (Fsp3) is 0.529. The van der Waals surface area contributed by atoms with E-state index < -0.39 is 0 Å². The summed E-state index contributed by atoms with van der Waals surface area (Å²) in [4.78, 5) is 23.4. The first-order valence-corrected chi connectivity index (χ1v) is 7.48. The molecule has 0 fully saturated rings. The summed E-state index contributed by atoms with van der Waals surface area (Å²) < 4.78 is 10.5. The number of carbonyl (C=O) groups is 2. The van der Waals surface area contributed by atoms with Crippen LogP contribution in [0.15, 0.2) is 24.3 Å². The molecule has 0 heterocycles. The van der Waals surface area contributed by atoms with Gasteiger partial charge in [-0.3, -0.25) is 9.59 Å². The van der Waals surface area contributed by atoms with Crippen molar-refractivity contribution in [2.75, 3.05) is 6.61 Å². The predicted octanol–water partition coefficient (Wildman–Crippen LogP) is 3.78. The number of unbranched alkanes of at least 4 members (excludes halogenated alkanes) is 1. The van der Waals surface area contributed by atoms with Crippen molar-refractivity contribution < 1.29 is 19.1 Å². The molecule has 1 aromatic carbocycles. The van der Waals surface area contributed by atoms with Gasteiger partial charge in [-0.2, -0.15) is 0 Å². The van der Waals surface area contributed by atoms with E-state index in [1.54, 1.807) is 24.3 Å². The molecule has 116 valence electrons. The first kappa shape index (κ1) is 17.2. The first-order chi connectivity index (χ1) is 10.0. The summed E-state index contributed by atoms with van der Waals surface area (Å²) in [5.74, 6) is 0.371. The molecule has 0 N–H and O–H groups in total. The van der Waals surface area contributed by atoms with Crippen molar-refractivity contribution in [3.63, 3.8) is 0 Å². The molecule has 0 radical (unpaired) electrons. The van der Waals surface area contributed by atoms with Crippen molar-refractivity contribution in [2.24, 2.45) is 0 Å². The molecule has 0 aliphatic rings. The monoisotopic (exact) mass is 292 g/mol. The quantitative estimate of drug-likeness (QED) is 0.395. The van der Waals surface area contributed by atoms with Crippen LogP contribution in [0.5, 0.6) is 5.75 Å². The van der Waals surface area contributed by atoms with Crippen LogP contribution in [-0.2, 0) is 9.53 Å². The Morgan fingerprint density at radius 3 is 2.33 bits per heavy atom. The maximum atomic E-state index is 12.0. The Labute approximate surface area is 126 Å². The molecule has 4 nitrogen and oxygen atoms in total. The van der Waals surface area contributed by atoms with Crippen LogP contribution in [-0.4, -0.2) is 24.5 Å². The lowest BCUT2D eigenvalue weighted by molar-refractivity contribution is -0.143. The lowest BCUT2D eigenvalue weighted by Crippen LogP contribution is -2.09. The smallest absolute Gasteiger partial charge is 0.306 e. The Bertz CT molecular complexity index is 448. The Kier molecular flexibility index (Phi) is 7.51. The van der Waals surface area contributed by atoms with Crippen LogP contribution in [0.4, 0.5) is 0 Å². The van der Waals surface area contributed by atoms with Crippen molar-refractivity contribution in [2.45, 2.75) is 52.6 Å². The molecule has 0 aromatic heterocycles. The van der Waals surface area contributed by atoms with Crippen LogP contribution >= 0.6 is 0 Å². The highest BCUT2D eigenvalue weighted by Crippen LogP contribution is 2.15. The summed E-state index contributed by atoms with van der Waals surface area (Å²) in [5.41, 5.74) is 0.590. The van der Waals surface area contributed by atoms with Crippen LogP contribution in [0, 0.1) is 0 Å². The van der Waals surface area contributed by atoms with Crippen LogP contribution in [0.1, 0.15) is 56.8 Å². The molecule has 0 aliphatic heterocycles. The zero-order valence-corrected chi connectivity index (χ0v) is 13.1. The van der Waals surface area contributed by atoms with Crippen molar-refractivity contribution >= 4 is 11.8 Å². The number of esters is 1. The minimum Gasteiger partial charge on any atom is -0.491 e. The van der Waals surface area contributed by atoms with E-state index in [0.29, 0.717) is 12.2 Å². The third-order valence-electron chi connectivity index (χ3n) is 2.87. The van der Waals surface area contributed by atoms with Crippen molar-refractivity contribution in [3.05, 3.63) is 29.8 Å². The van der Waals surface area contributed by atoms with Gasteiger partial charge < -0.3 is 9.47 Å². The fourth-order valence-corrected chi connectivity index (χ4v) is 1.75. The summed E-state index contributed by atoms with van der Waals surface area (Å²) in [7, 11) is 0. The number of benzene rings is 1. The van der Waals surface area contributed by atoms with Gasteiger partial charge in [0.2, 0.25) is 0 Å². The van der Waals surface area contributed by atoms with Gasteiger partial charge in [0.25, 0.3) is 0 Å². The fourth-order valence-electron chi connectivity index (χ4n) is 1.75. The minimum atomic E-state index is -0.309. The van der Waals surface area contributed by atoms with Gasteiger partial charge in [-0.1, -0.05) is 13.3 Å². The summed E-state index contributed by atoms with van der Waals surface area (Å²) in [6.45, 7) is 6.36. The average Bonchev–Trinajstić information content (AvgIpc) is 2.45. The molecule has 0 unspecified atom stereocenters. The lowest BCUT2D eigenvalue weighted by atomic mass is 10.1. The number of rotatable bonds is 9. The zero-order valence-electron chi connectivity index (χ0n) is 13.1. The van der Waals surface area contributed by atoms with Crippen LogP contribution in [0.2, 0.25) is 0 Å². The first-order valence-electron chi connectivity index (χ1n) is 7.48. The van der Waals surface area contributed by atoms with E-state index in [1.165, 1.54) is 0 Å². The van der Waals surface area contributed by atoms with Crippen molar-refractivity contribution in [3.8, 4) is 5.75 Å². The molecule has 0 saturated heterocycles. The van der Waals surface area contributed by atoms with E-state index in [0.717, 1.165) is 18.6 Å². The summed E-state index contributed by atoms with van der Waals surface area (Å²) in [6, 6.07) is 6.99. The molecule has 0 atom stereocenters. The third-order valence-corrected chi connectivity index (χ3v) is 2.87. The topological polar surface area (TPSA) is 52.6 Å².